The van der Waals surface area contributed by atoms with Gasteiger partial charge in [0.05, 0.1) is 25.2 Å². The summed E-state index contributed by atoms with van der Waals surface area (Å²) in [4.78, 5) is 33.3. The highest BCUT2D eigenvalue weighted by atomic mass is 16.5. The molecule has 178 valence electrons. The molecule has 1 atom stereocenters. The number of carbonyl (C=O) groups excluding carboxylic acids is 2. The van der Waals surface area contributed by atoms with Gasteiger partial charge in [-0.3, -0.25) is 4.79 Å². The standard InChI is InChI=1S/C26H30N4O4/c1-16(2)27-25(33)29-13-26(14-29)15-30(24(32)17-7-5-4-6-8-17)21(12-31)23-22(26)19-10-9-18(34-3)11-20(19)28-23/h4-11,16,21,28,31H,12-15H2,1-3H3,(H,27,33)/t21-/m1/s1. The number of benzene rings is 2. The van der Waals surface area contributed by atoms with Crippen molar-refractivity contribution in [2.24, 2.45) is 0 Å². The summed E-state index contributed by atoms with van der Waals surface area (Å²) in [6.07, 6.45) is 0. The van der Waals surface area contributed by atoms with Gasteiger partial charge in [-0.05, 0) is 43.7 Å². The number of rotatable bonds is 4. The van der Waals surface area contributed by atoms with Crippen molar-refractivity contribution in [1.29, 1.82) is 0 Å². The van der Waals surface area contributed by atoms with Gasteiger partial charge >= 0.3 is 6.03 Å². The fourth-order valence-electron chi connectivity index (χ4n) is 5.39. The maximum Gasteiger partial charge on any atom is 0.317 e. The lowest BCUT2D eigenvalue weighted by molar-refractivity contribution is 0.0138. The number of methoxy groups -OCH3 is 1. The number of amides is 3. The van der Waals surface area contributed by atoms with Gasteiger partial charge in [0.2, 0.25) is 0 Å². The molecule has 0 bridgehead atoms. The van der Waals surface area contributed by atoms with E-state index in [2.05, 4.69) is 10.3 Å². The molecule has 1 fully saturated rings. The van der Waals surface area contributed by atoms with Crippen molar-refractivity contribution in [2.75, 3.05) is 33.4 Å². The summed E-state index contributed by atoms with van der Waals surface area (Å²) in [5.74, 6) is 0.593. The first kappa shape index (κ1) is 22.3. The fraction of sp³-hybridized carbons (Fsp3) is 0.385. The first-order valence-electron chi connectivity index (χ1n) is 11.6. The van der Waals surface area contributed by atoms with Crippen LogP contribution in [0.15, 0.2) is 48.5 Å². The molecule has 2 aliphatic heterocycles. The van der Waals surface area contributed by atoms with Gasteiger partial charge in [0.15, 0.2) is 0 Å². The summed E-state index contributed by atoms with van der Waals surface area (Å²) < 4.78 is 5.41. The molecule has 1 spiro atoms. The van der Waals surface area contributed by atoms with E-state index in [-0.39, 0.29) is 24.6 Å². The lowest BCUT2D eigenvalue weighted by atomic mass is 9.68. The maximum absolute atomic E-state index is 13.6. The van der Waals surface area contributed by atoms with Gasteiger partial charge in [-0.1, -0.05) is 18.2 Å². The number of hydrogen-bond acceptors (Lipinski definition) is 4. The molecule has 0 saturated carbocycles. The molecule has 8 heteroatoms. The molecule has 2 aromatic carbocycles. The summed E-state index contributed by atoms with van der Waals surface area (Å²) in [6.45, 7) is 5.08. The number of aromatic nitrogens is 1. The van der Waals surface area contributed by atoms with Crippen LogP contribution in [-0.4, -0.2) is 71.2 Å². The monoisotopic (exact) mass is 462 g/mol. The molecule has 3 amide bonds. The second-order valence-corrected chi connectivity index (χ2v) is 9.56. The van der Waals surface area contributed by atoms with Crippen molar-refractivity contribution < 1.29 is 19.4 Å². The number of fused-ring (bicyclic) bond motifs is 4. The van der Waals surface area contributed by atoms with Crippen molar-refractivity contribution in [3.05, 3.63) is 65.4 Å². The molecule has 2 aliphatic rings. The van der Waals surface area contributed by atoms with Crippen LogP contribution in [0.2, 0.25) is 0 Å². The van der Waals surface area contributed by atoms with E-state index < -0.39 is 11.5 Å². The summed E-state index contributed by atoms with van der Waals surface area (Å²) in [5.41, 5.74) is 2.94. The summed E-state index contributed by atoms with van der Waals surface area (Å²) in [7, 11) is 1.62. The van der Waals surface area contributed by atoms with Crippen LogP contribution in [0.1, 0.15) is 41.5 Å². The van der Waals surface area contributed by atoms with Crippen LogP contribution in [0.3, 0.4) is 0 Å². The van der Waals surface area contributed by atoms with Gasteiger partial charge in [0, 0.05) is 53.9 Å². The van der Waals surface area contributed by atoms with E-state index in [4.69, 9.17) is 4.74 Å². The molecule has 8 nitrogen and oxygen atoms in total. The maximum atomic E-state index is 13.6. The quantitative estimate of drug-likeness (QED) is 0.555. The van der Waals surface area contributed by atoms with E-state index in [0.29, 0.717) is 25.2 Å². The van der Waals surface area contributed by atoms with E-state index in [9.17, 15) is 14.7 Å². The molecule has 3 aromatic rings. The number of carbonyl (C=O) groups is 2. The molecule has 34 heavy (non-hydrogen) atoms. The van der Waals surface area contributed by atoms with Crippen LogP contribution in [-0.2, 0) is 5.41 Å². The van der Waals surface area contributed by atoms with Gasteiger partial charge in [0.1, 0.15) is 5.75 Å². The predicted octanol–water partition coefficient (Wildman–Crippen LogP) is 3.04. The zero-order chi connectivity index (χ0) is 24.0. The van der Waals surface area contributed by atoms with Crippen molar-refractivity contribution >= 4 is 22.8 Å². The Morgan fingerprint density at radius 2 is 1.91 bits per heavy atom. The SMILES string of the molecule is COc1ccc2c3c([nH]c2c1)[C@@H](CO)N(C(=O)c1ccccc1)CC31CN(C(=O)NC(C)C)C1. The minimum Gasteiger partial charge on any atom is -0.497 e. The van der Waals surface area contributed by atoms with E-state index in [0.717, 1.165) is 27.9 Å². The summed E-state index contributed by atoms with van der Waals surface area (Å²) in [5, 5.41) is 14.4. The van der Waals surface area contributed by atoms with Crippen LogP contribution in [0.5, 0.6) is 5.75 Å². The highest BCUT2D eigenvalue weighted by Crippen LogP contribution is 2.48. The number of nitrogens with one attached hydrogen (secondary N) is 2. The number of ether oxygens (including phenoxy) is 1. The second-order valence-electron chi connectivity index (χ2n) is 9.56. The van der Waals surface area contributed by atoms with Crippen LogP contribution < -0.4 is 10.1 Å². The Kier molecular flexibility index (Phi) is 5.48. The lowest BCUT2D eigenvalue weighted by Crippen LogP contribution is -2.69. The number of likely N-dealkylation sites (tertiary alicyclic amines) is 1. The molecular weight excluding hydrogens is 432 g/mol. The topological polar surface area (TPSA) is 97.9 Å². The Labute approximate surface area is 198 Å². The number of hydrogen-bond donors (Lipinski definition) is 3. The minimum atomic E-state index is -0.509. The number of aliphatic hydroxyl groups excluding tert-OH is 1. The summed E-state index contributed by atoms with van der Waals surface area (Å²) >= 11 is 0. The Morgan fingerprint density at radius 3 is 2.56 bits per heavy atom. The lowest BCUT2D eigenvalue weighted by Gasteiger charge is -2.56. The highest BCUT2D eigenvalue weighted by Gasteiger charge is 2.55. The number of urea groups is 1. The molecule has 0 aliphatic carbocycles. The third-order valence-electron chi connectivity index (χ3n) is 6.89. The fourth-order valence-corrected chi connectivity index (χ4v) is 5.39. The minimum absolute atomic E-state index is 0.0430. The third-order valence-corrected chi connectivity index (χ3v) is 6.89. The average Bonchev–Trinajstić information content (AvgIpc) is 3.20. The van der Waals surface area contributed by atoms with Gasteiger partial charge < -0.3 is 29.9 Å². The van der Waals surface area contributed by atoms with E-state index in [1.165, 1.54) is 0 Å². The number of aromatic amines is 1. The first-order chi connectivity index (χ1) is 16.4. The molecule has 1 aromatic heterocycles. The molecule has 1 saturated heterocycles. The summed E-state index contributed by atoms with van der Waals surface area (Å²) in [6, 6.07) is 14.4. The van der Waals surface area contributed by atoms with Gasteiger partial charge in [-0.15, -0.1) is 0 Å². The Bertz CT molecular complexity index is 1230. The number of aliphatic hydroxyl groups is 1. The normalized spacial score (nSPS) is 18.7. The van der Waals surface area contributed by atoms with Crippen LogP contribution >= 0.6 is 0 Å². The van der Waals surface area contributed by atoms with Crippen LogP contribution in [0.25, 0.3) is 10.9 Å². The number of nitrogens with zero attached hydrogens (tertiary/aromatic N) is 2. The molecule has 3 N–H and O–H groups in total. The van der Waals surface area contributed by atoms with Crippen molar-refractivity contribution in [1.82, 2.24) is 20.1 Å². The van der Waals surface area contributed by atoms with Gasteiger partial charge in [0.25, 0.3) is 5.91 Å². The Hall–Kier alpha value is -3.52. The van der Waals surface area contributed by atoms with Gasteiger partial charge in [-0.2, -0.15) is 0 Å². The predicted molar refractivity (Wildman–Crippen MR) is 129 cm³/mol. The molecule has 0 unspecified atom stereocenters. The highest BCUT2D eigenvalue weighted by molar-refractivity contribution is 5.96. The molecular formula is C26H30N4O4. The zero-order valence-corrected chi connectivity index (χ0v) is 19.7. The Balaban J connectivity index is 1.60. The number of H-pyrrole nitrogens is 1. The Morgan fingerprint density at radius 1 is 1.18 bits per heavy atom. The van der Waals surface area contributed by atoms with Crippen molar-refractivity contribution in [3.8, 4) is 5.75 Å². The van der Waals surface area contributed by atoms with E-state index in [1.807, 2.05) is 50.2 Å². The average molecular weight is 463 g/mol. The van der Waals surface area contributed by atoms with Crippen LogP contribution in [0, 0.1) is 0 Å². The van der Waals surface area contributed by atoms with Crippen molar-refractivity contribution in [3.63, 3.8) is 0 Å². The largest absolute Gasteiger partial charge is 0.497 e. The van der Waals surface area contributed by atoms with E-state index >= 15 is 0 Å². The molecule has 5 rings (SSSR count). The molecule has 3 heterocycles. The second kappa shape index (κ2) is 8.36. The smallest absolute Gasteiger partial charge is 0.317 e. The zero-order valence-electron chi connectivity index (χ0n) is 19.7. The third kappa shape index (κ3) is 3.49. The van der Waals surface area contributed by atoms with E-state index in [1.54, 1.807) is 29.0 Å². The van der Waals surface area contributed by atoms with Gasteiger partial charge in [-0.25, -0.2) is 4.79 Å². The molecule has 0 radical (unpaired) electrons. The van der Waals surface area contributed by atoms with Crippen LogP contribution in [0.4, 0.5) is 4.79 Å². The van der Waals surface area contributed by atoms with Crippen molar-refractivity contribution in [2.45, 2.75) is 31.3 Å². The first-order valence-corrected chi connectivity index (χ1v) is 11.6.